The largest absolute Gasteiger partial charge is 0.462 e. The Kier molecular flexibility index (Phi) is 14.2. The van der Waals surface area contributed by atoms with Gasteiger partial charge in [0.15, 0.2) is 0 Å². The summed E-state index contributed by atoms with van der Waals surface area (Å²) >= 11 is 0. The number of hydrogen-bond donors (Lipinski definition) is 3. The van der Waals surface area contributed by atoms with Crippen LogP contribution < -0.4 is 16.0 Å². The number of amides is 3. The number of hydrogen-bond acceptors (Lipinski definition) is 11. The van der Waals surface area contributed by atoms with E-state index in [1.54, 1.807) is 28.1 Å². The Labute approximate surface area is 379 Å². The summed E-state index contributed by atoms with van der Waals surface area (Å²) in [6, 6.07) is 13.1. The van der Waals surface area contributed by atoms with Gasteiger partial charge in [-0.05, 0) is 121 Å². The average molecular weight is 936 g/mol. The van der Waals surface area contributed by atoms with Crippen molar-refractivity contribution in [3.8, 4) is 0 Å². The maximum Gasteiger partial charge on any atom is 0.433 e. The van der Waals surface area contributed by atoms with Gasteiger partial charge in [0.25, 0.3) is 17.7 Å². The minimum atomic E-state index is -4.69. The Hall–Kier alpha value is -6.94. The molecule has 354 valence electrons. The van der Waals surface area contributed by atoms with Gasteiger partial charge in [-0.1, -0.05) is 12.1 Å². The summed E-state index contributed by atoms with van der Waals surface area (Å²) in [5.74, 6) is -2.33. The summed E-state index contributed by atoms with van der Waals surface area (Å²) < 4.78 is 86.1. The number of carbonyl (C=O) groups excluding carboxylic acids is 4. The fourth-order valence-electron chi connectivity index (χ4n) is 7.83. The molecule has 67 heavy (non-hydrogen) atoms. The smallest absolute Gasteiger partial charge is 0.433 e. The summed E-state index contributed by atoms with van der Waals surface area (Å²) in [5, 5.41) is 16.8. The molecule has 22 heteroatoms. The fraction of sp³-hybridized carbons (Fsp3) is 0.378. The number of nitrogens with zero attached hydrogens (tertiary/aromatic N) is 8. The summed E-state index contributed by atoms with van der Waals surface area (Å²) in [7, 11) is 5.59. The number of pyridine rings is 4. The number of nitrogens with one attached hydrogen (secondary N) is 3. The predicted molar refractivity (Wildman–Crippen MR) is 233 cm³/mol. The van der Waals surface area contributed by atoms with Crippen molar-refractivity contribution in [3.05, 3.63) is 118 Å². The number of likely N-dealkylation sites (tertiary alicyclic amines) is 2. The van der Waals surface area contributed by atoms with Gasteiger partial charge >= 0.3 is 18.3 Å². The molecule has 8 rings (SSSR count). The highest BCUT2D eigenvalue weighted by molar-refractivity contribution is 6.09. The number of carbonyl (C=O) groups is 4. The van der Waals surface area contributed by atoms with Crippen LogP contribution in [0.15, 0.2) is 73.1 Å². The van der Waals surface area contributed by atoms with Gasteiger partial charge in [-0.2, -0.15) is 36.5 Å². The second kappa shape index (κ2) is 19.9. The zero-order valence-corrected chi connectivity index (χ0v) is 36.8. The van der Waals surface area contributed by atoms with Crippen molar-refractivity contribution >= 4 is 46.1 Å². The van der Waals surface area contributed by atoms with Crippen molar-refractivity contribution in [2.75, 3.05) is 64.6 Å². The lowest BCUT2D eigenvalue weighted by Crippen LogP contribution is -2.29. The van der Waals surface area contributed by atoms with Gasteiger partial charge in [0.2, 0.25) is 0 Å². The van der Waals surface area contributed by atoms with E-state index in [0.717, 1.165) is 87.5 Å². The molecule has 6 aromatic rings. The van der Waals surface area contributed by atoms with Crippen LogP contribution in [0.3, 0.4) is 0 Å². The first-order chi connectivity index (χ1) is 31.8. The van der Waals surface area contributed by atoms with Crippen LogP contribution in [-0.2, 0) is 17.1 Å². The van der Waals surface area contributed by atoms with Crippen molar-refractivity contribution in [2.45, 2.75) is 56.8 Å². The number of aromatic nitrogens is 6. The molecule has 0 spiro atoms. The minimum absolute atomic E-state index is 0.0349. The molecular weight excluding hydrogens is 889 g/mol. The zero-order valence-electron chi connectivity index (χ0n) is 36.8. The molecule has 0 saturated carbocycles. The van der Waals surface area contributed by atoms with Gasteiger partial charge in [-0.25, -0.2) is 23.8 Å². The lowest BCUT2D eigenvalue weighted by Gasteiger charge is -2.27. The monoisotopic (exact) mass is 935 g/mol. The average Bonchev–Trinajstić information content (AvgIpc) is 3.92. The van der Waals surface area contributed by atoms with Crippen LogP contribution in [0.4, 0.5) is 37.7 Å². The maximum atomic E-state index is 13.0. The molecule has 2 aliphatic rings. The molecule has 0 radical (unpaired) electrons. The Bertz CT molecular complexity index is 2790. The van der Waals surface area contributed by atoms with Crippen LogP contribution in [-0.4, -0.2) is 117 Å². The van der Waals surface area contributed by atoms with E-state index in [4.69, 9.17) is 4.74 Å². The minimum Gasteiger partial charge on any atom is -0.462 e. The van der Waals surface area contributed by atoms with E-state index in [1.165, 1.54) is 31.6 Å². The van der Waals surface area contributed by atoms with E-state index in [-0.39, 0.29) is 40.9 Å². The third-order valence-electron chi connectivity index (χ3n) is 11.5. The maximum absolute atomic E-state index is 13.0. The lowest BCUT2D eigenvalue weighted by atomic mass is 9.94. The van der Waals surface area contributed by atoms with Crippen molar-refractivity contribution in [3.63, 3.8) is 0 Å². The molecule has 3 N–H and O–H groups in total. The first-order valence-electron chi connectivity index (χ1n) is 21.4. The van der Waals surface area contributed by atoms with Gasteiger partial charge in [-0.3, -0.25) is 14.4 Å². The Morgan fingerprint density at radius 2 is 1.06 bits per heavy atom. The molecule has 0 unspecified atom stereocenters. The molecule has 0 atom stereocenters. The predicted octanol–water partition coefficient (Wildman–Crippen LogP) is 7.16. The first-order valence-corrected chi connectivity index (χ1v) is 21.4. The molecule has 6 aromatic heterocycles. The molecule has 8 heterocycles. The van der Waals surface area contributed by atoms with E-state index >= 15 is 0 Å². The number of piperidine rings is 2. The van der Waals surface area contributed by atoms with Crippen molar-refractivity contribution in [2.24, 2.45) is 0 Å². The number of esters is 1. The topological polar surface area (TPSA) is 180 Å². The van der Waals surface area contributed by atoms with Gasteiger partial charge in [0.05, 0.1) is 46.0 Å². The van der Waals surface area contributed by atoms with E-state index in [9.17, 15) is 45.5 Å². The first kappa shape index (κ1) is 48.0. The molecule has 16 nitrogen and oxygen atoms in total. The molecular formula is C45H47F6N11O5. The highest BCUT2D eigenvalue weighted by Gasteiger charge is 2.34. The number of ether oxygens (including phenoxy) is 1. The summed E-state index contributed by atoms with van der Waals surface area (Å²) in [4.78, 5) is 61.8. The van der Waals surface area contributed by atoms with E-state index < -0.39 is 58.8 Å². The van der Waals surface area contributed by atoms with Gasteiger partial charge in [0, 0.05) is 31.3 Å². The molecule has 2 saturated heterocycles. The Morgan fingerprint density at radius 3 is 1.46 bits per heavy atom. The highest BCUT2D eigenvalue weighted by atomic mass is 19.4. The normalized spacial score (nSPS) is 15.5. The van der Waals surface area contributed by atoms with E-state index in [2.05, 4.69) is 60.0 Å². The molecule has 0 aromatic carbocycles. The third kappa shape index (κ3) is 11.4. The third-order valence-corrected chi connectivity index (χ3v) is 11.5. The van der Waals surface area contributed by atoms with Crippen LogP contribution in [0.25, 0.3) is 11.0 Å². The van der Waals surface area contributed by atoms with Crippen molar-refractivity contribution in [1.82, 2.24) is 44.3 Å². The van der Waals surface area contributed by atoms with E-state index in [0.29, 0.717) is 11.0 Å². The standard InChI is InChI=1S/C23H24F3N5O3.C22H23F3N6O2/c1-3-34-22(33)16-13-31-15(11-18(29-31)14-7-9-30(2)10-8-14)12-19(16)28-21(32)17-5-4-6-20(27-17)23(24,25)26;1-26-20(32)15-12-31-14(10-17(29-31)13-6-8-30(2)9-7-13)11-18(15)28-21(33)16-4-3-5-19(27-16)22(23,24)25/h4-6,11-14H,3,7-10H2,1-2H3,(H,28,32);3-5,10-13H,6-9H2,1-2H3,(H,26,32)(H,28,33). The van der Waals surface area contributed by atoms with Crippen LogP contribution in [0.5, 0.6) is 0 Å². The quantitative estimate of drug-likeness (QED) is 0.0990. The van der Waals surface area contributed by atoms with Crippen LogP contribution in [0.2, 0.25) is 0 Å². The van der Waals surface area contributed by atoms with Crippen molar-refractivity contribution < 1.29 is 50.3 Å². The number of halogens is 6. The van der Waals surface area contributed by atoms with Crippen molar-refractivity contribution in [1.29, 1.82) is 0 Å². The SMILES string of the molecule is CCOC(=O)c1cn2nc(C3CCN(C)CC3)cc2cc1NC(=O)c1cccc(C(F)(F)F)n1.CNC(=O)c1cn2nc(C3CCN(C)CC3)cc2cc1NC(=O)c1cccc(C(F)(F)F)n1. The van der Waals surface area contributed by atoms with Gasteiger partial charge in [0.1, 0.15) is 28.3 Å². The summed E-state index contributed by atoms with van der Waals surface area (Å²) in [5.41, 5.74) is 0.300. The second-order valence-electron chi connectivity index (χ2n) is 16.3. The van der Waals surface area contributed by atoms with Crippen LogP contribution in [0.1, 0.15) is 109 Å². The molecule has 0 bridgehead atoms. The Balaban J connectivity index is 0.000000199. The molecule has 2 fully saturated rings. The summed E-state index contributed by atoms with van der Waals surface area (Å²) in [6.45, 7) is 5.60. The van der Waals surface area contributed by atoms with Gasteiger partial charge < -0.3 is 30.5 Å². The molecule has 0 aliphatic carbocycles. The number of alkyl halides is 6. The number of anilines is 2. The number of fused-ring (bicyclic) bond motifs is 2. The molecule has 2 aliphatic heterocycles. The molecule has 3 amide bonds. The zero-order chi connectivity index (χ0) is 48.2. The number of rotatable bonds is 9. The van der Waals surface area contributed by atoms with Crippen LogP contribution in [0, 0.1) is 0 Å². The Morgan fingerprint density at radius 1 is 0.642 bits per heavy atom. The van der Waals surface area contributed by atoms with Crippen LogP contribution >= 0.6 is 0 Å². The van der Waals surface area contributed by atoms with Gasteiger partial charge in [-0.15, -0.1) is 0 Å². The highest BCUT2D eigenvalue weighted by Crippen LogP contribution is 2.32. The second-order valence-corrected chi connectivity index (χ2v) is 16.3. The summed E-state index contributed by atoms with van der Waals surface area (Å²) in [6.07, 6.45) is -2.56. The lowest BCUT2D eigenvalue weighted by molar-refractivity contribution is -0.142. The fourth-order valence-corrected chi connectivity index (χ4v) is 7.83. The van der Waals surface area contributed by atoms with E-state index in [1.807, 2.05) is 12.1 Å².